The smallest absolute Gasteiger partial charge is 0.225 e. The molecule has 2 aromatic rings. The third-order valence-electron chi connectivity index (χ3n) is 3.45. The zero-order chi connectivity index (χ0) is 12.5. The highest BCUT2D eigenvalue weighted by Crippen LogP contribution is 2.35. The lowest BCUT2D eigenvalue weighted by atomic mass is 10.1. The molecule has 3 rings (SSSR count). The average molecular weight is 282 g/mol. The number of hydrogen-bond acceptors (Lipinski definition) is 4. The van der Waals surface area contributed by atoms with Gasteiger partial charge in [0.15, 0.2) is 0 Å². The highest BCUT2D eigenvalue weighted by atomic mass is 35.5. The number of thiophene rings is 1. The first-order chi connectivity index (χ1) is 8.76. The molecule has 0 spiro atoms. The molecule has 3 nitrogen and oxygen atoms in total. The summed E-state index contributed by atoms with van der Waals surface area (Å²) in [6, 6.07) is 2.55. The maximum atomic E-state index is 5.97. The number of anilines is 1. The number of aromatic nitrogens is 2. The molecule has 0 amide bonds. The topological polar surface area (TPSA) is 37.8 Å². The van der Waals surface area contributed by atoms with Gasteiger partial charge in [0.05, 0.1) is 5.39 Å². The number of rotatable bonds is 5. The third kappa shape index (κ3) is 2.59. The van der Waals surface area contributed by atoms with Gasteiger partial charge < -0.3 is 5.32 Å². The maximum Gasteiger partial charge on any atom is 0.225 e. The van der Waals surface area contributed by atoms with Crippen LogP contribution in [0.3, 0.4) is 0 Å². The Balaban J connectivity index is 1.85. The number of nitrogens with one attached hydrogen (secondary N) is 1. The molecule has 5 heteroatoms. The van der Waals surface area contributed by atoms with Gasteiger partial charge in [-0.3, -0.25) is 0 Å². The van der Waals surface area contributed by atoms with E-state index in [0.29, 0.717) is 11.3 Å². The minimum Gasteiger partial charge on any atom is -0.367 e. The van der Waals surface area contributed by atoms with Crippen molar-refractivity contribution in [1.29, 1.82) is 0 Å². The number of halogens is 1. The highest BCUT2D eigenvalue weighted by molar-refractivity contribution is 7.16. The van der Waals surface area contributed by atoms with Crippen LogP contribution in [-0.4, -0.2) is 16.0 Å². The summed E-state index contributed by atoms with van der Waals surface area (Å²) in [6.45, 7) is 2.22. The van der Waals surface area contributed by atoms with Gasteiger partial charge >= 0.3 is 0 Å². The van der Waals surface area contributed by atoms with Gasteiger partial charge in [0, 0.05) is 6.04 Å². The summed E-state index contributed by atoms with van der Waals surface area (Å²) in [5.74, 6) is 1.80. The molecule has 0 saturated heterocycles. The number of fused-ring (bicyclic) bond motifs is 1. The summed E-state index contributed by atoms with van der Waals surface area (Å²) in [6.07, 6.45) is 5.13. The fourth-order valence-electron chi connectivity index (χ4n) is 2.22. The summed E-state index contributed by atoms with van der Waals surface area (Å²) in [5.41, 5.74) is 0. The quantitative estimate of drug-likeness (QED) is 0.829. The molecule has 1 saturated carbocycles. The van der Waals surface area contributed by atoms with Crippen LogP contribution in [0.25, 0.3) is 10.2 Å². The third-order valence-corrected chi connectivity index (χ3v) is 4.42. The van der Waals surface area contributed by atoms with Crippen LogP contribution < -0.4 is 5.32 Å². The molecule has 1 atom stereocenters. The Morgan fingerprint density at radius 1 is 1.50 bits per heavy atom. The summed E-state index contributed by atoms with van der Waals surface area (Å²) < 4.78 is 0. The first-order valence-electron chi connectivity index (χ1n) is 6.43. The monoisotopic (exact) mass is 281 g/mol. The largest absolute Gasteiger partial charge is 0.367 e. The van der Waals surface area contributed by atoms with Crippen molar-refractivity contribution in [1.82, 2.24) is 9.97 Å². The Morgan fingerprint density at radius 2 is 2.33 bits per heavy atom. The first-order valence-corrected chi connectivity index (χ1v) is 7.69. The van der Waals surface area contributed by atoms with Crippen LogP contribution >= 0.6 is 22.9 Å². The Morgan fingerprint density at radius 3 is 3.06 bits per heavy atom. The van der Waals surface area contributed by atoms with Crippen molar-refractivity contribution in [3.63, 3.8) is 0 Å². The molecule has 96 valence electrons. The predicted molar refractivity (Wildman–Crippen MR) is 77.5 cm³/mol. The van der Waals surface area contributed by atoms with E-state index >= 15 is 0 Å². The van der Waals surface area contributed by atoms with Crippen molar-refractivity contribution < 1.29 is 0 Å². The average Bonchev–Trinajstić information content (AvgIpc) is 3.03. The van der Waals surface area contributed by atoms with Crippen LogP contribution in [0.5, 0.6) is 0 Å². The summed E-state index contributed by atoms with van der Waals surface area (Å²) in [7, 11) is 0. The maximum absolute atomic E-state index is 5.97. The molecule has 18 heavy (non-hydrogen) atoms. The second kappa shape index (κ2) is 5.02. The van der Waals surface area contributed by atoms with Gasteiger partial charge in [0.25, 0.3) is 0 Å². The predicted octanol–water partition coefficient (Wildman–Crippen LogP) is 4.34. The molecule has 0 radical (unpaired) electrons. The fraction of sp³-hybridized carbons (Fsp3) is 0.538. The minimum atomic E-state index is 0.328. The first kappa shape index (κ1) is 12.2. The number of hydrogen-bond donors (Lipinski definition) is 1. The van der Waals surface area contributed by atoms with Crippen molar-refractivity contribution in [3.8, 4) is 0 Å². The van der Waals surface area contributed by atoms with E-state index in [1.165, 1.54) is 19.3 Å². The molecular formula is C13H16ClN3S. The lowest BCUT2D eigenvalue weighted by molar-refractivity contribution is 0.585. The van der Waals surface area contributed by atoms with E-state index in [9.17, 15) is 0 Å². The molecule has 1 aliphatic carbocycles. The summed E-state index contributed by atoms with van der Waals surface area (Å²) >= 11 is 7.57. The minimum absolute atomic E-state index is 0.328. The second-order valence-electron chi connectivity index (χ2n) is 4.91. The van der Waals surface area contributed by atoms with Crippen LogP contribution in [0, 0.1) is 5.92 Å². The molecule has 0 aromatic carbocycles. The van der Waals surface area contributed by atoms with Gasteiger partial charge in [-0.15, -0.1) is 11.3 Å². The van der Waals surface area contributed by atoms with Crippen molar-refractivity contribution in [2.24, 2.45) is 5.92 Å². The Bertz CT molecular complexity index is 550. The van der Waals surface area contributed by atoms with Gasteiger partial charge in [-0.2, -0.15) is 0 Å². The second-order valence-corrected chi connectivity index (χ2v) is 6.14. The molecule has 1 N–H and O–H groups in total. The molecule has 1 fully saturated rings. The van der Waals surface area contributed by atoms with E-state index in [2.05, 4.69) is 28.3 Å². The summed E-state index contributed by atoms with van der Waals surface area (Å²) in [5, 5.41) is 6.98. The van der Waals surface area contributed by atoms with Gasteiger partial charge in [0.2, 0.25) is 5.28 Å². The van der Waals surface area contributed by atoms with Crippen molar-refractivity contribution in [3.05, 3.63) is 16.7 Å². The lowest BCUT2D eigenvalue weighted by Gasteiger charge is -2.17. The summed E-state index contributed by atoms with van der Waals surface area (Å²) in [4.78, 5) is 9.53. The molecule has 0 bridgehead atoms. The Kier molecular flexibility index (Phi) is 3.39. The Hall–Kier alpha value is -0.870. The lowest BCUT2D eigenvalue weighted by Crippen LogP contribution is -2.20. The zero-order valence-electron chi connectivity index (χ0n) is 10.3. The number of nitrogens with zero attached hydrogens (tertiary/aromatic N) is 2. The van der Waals surface area contributed by atoms with Gasteiger partial charge in [0.1, 0.15) is 10.6 Å². The molecule has 0 aliphatic heterocycles. The van der Waals surface area contributed by atoms with E-state index in [4.69, 9.17) is 11.6 Å². The van der Waals surface area contributed by atoms with Crippen LogP contribution in [0.1, 0.15) is 32.6 Å². The van der Waals surface area contributed by atoms with E-state index in [0.717, 1.165) is 28.4 Å². The molecule has 1 aliphatic rings. The van der Waals surface area contributed by atoms with Crippen molar-refractivity contribution in [2.75, 3.05) is 5.32 Å². The van der Waals surface area contributed by atoms with Gasteiger partial charge in [-0.25, -0.2) is 9.97 Å². The molecule has 2 aromatic heterocycles. The molecular weight excluding hydrogens is 266 g/mol. The fourth-order valence-corrected chi connectivity index (χ4v) is 3.20. The highest BCUT2D eigenvalue weighted by Gasteiger charge is 2.25. The van der Waals surface area contributed by atoms with E-state index in [1.807, 2.05) is 5.38 Å². The van der Waals surface area contributed by atoms with E-state index in [-0.39, 0.29) is 0 Å². The van der Waals surface area contributed by atoms with E-state index in [1.54, 1.807) is 11.3 Å². The van der Waals surface area contributed by atoms with Gasteiger partial charge in [-0.1, -0.05) is 19.8 Å². The van der Waals surface area contributed by atoms with Crippen LogP contribution in [0.2, 0.25) is 5.28 Å². The van der Waals surface area contributed by atoms with Crippen LogP contribution in [-0.2, 0) is 0 Å². The van der Waals surface area contributed by atoms with Crippen LogP contribution in [0.15, 0.2) is 11.4 Å². The standard InChI is InChI=1S/C13H16ClN3S/c1-2-9(7-8-3-4-8)15-11-10-5-6-18-12(10)17-13(14)16-11/h5-6,8-9H,2-4,7H2,1H3,(H,15,16,17). The van der Waals surface area contributed by atoms with E-state index < -0.39 is 0 Å². The normalized spacial score (nSPS) is 17.0. The Labute approximate surface area is 116 Å². The SMILES string of the molecule is CCC(CC1CC1)Nc1nc(Cl)nc2sccc12. The van der Waals surface area contributed by atoms with Crippen LogP contribution in [0.4, 0.5) is 5.82 Å². The molecule has 2 heterocycles. The van der Waals surface area contributed by atoms with Crippen molar-refractivity contribution >= 4 is 39.0 Å². The molecule has 1 unspecified atom stereocenters. The van der Waals surface area contributed by atoms with Gasteiger partial charge in [-0.05, 0) is 41.8 Å². The zero-order valence-corrected chi connectivity index (χ0v) is 11.9. The van der Waals surface area contributed by atoms with Crippen molar-refractivity contribution in [2.45, 2.75) is 38.6 Å².